The van der Waals surface area contributed by atoms with Gasteiger partial charge in [0.25, 0.3) is 0 Å². The molecular weight excluding hydrogens is 287 g/mol. The van der Waals surface area contributed by atoms with E-state index in [9.17, 15) is 4.39 Å². The molecule has 0 radical (unpaired) electrons. The first-order valence-electron chi connectivity index (χ1n) is 7.09. The van der Waals surface area contributed by atoms with Crippen LogP contribution in [-0.2, 0) is 13.1 Å². The SMILES string of the molecule is CCCN(Cc1ccc(N)cc1)Cc1cccc(F)c1Cl. The third-order valence-corrected chi connectivity index (χ3v) is 3.77. The molecule has 0 saturated carbocycles. The molecule has 0 aliphatic heterocycles. The Balaban J connectivity index is 2.11. The zero-order chi connectivity index (χ0) is 15.2. The fourth-order valence-electron chi connectivity index (χ4n) is 2.32. The van der Waals surface area contributed by atoms with Crippen LogP contribution in [0.15, 0.2) is 42.5 Å². The Bertz CT molecular complexity index is 584. The molecule has 2 N–H and O–H groups in total. The quantitative estimate of drug-likeness (QED) is 0.798. The molecule has 0 spiro atoms. The Morgan fingerprint density at radius 2 is 1.81 bits per heavy atom. The molecule has 0 heterocycles. The van der Waals surface area contributed by atoms with Crippen molar-refractivity contribution in [2.75, 3.05) is 12.3 Å². The predicted molar refractivity (Wildman–Crippen MR) is 86.7 cm³/mol. The number of nitrogens with two attached hydrogens (primary N) is 1. The zero-order valence-electron chi connectivity index (χ0n) is 12.2. The number of hydrogen-bond donors (Lipinski definition) is 1. The van der Waals surface area contributed by atoms with Crippen molar-refractivity contribution in [1.29, 1.82) is 0 Å². The topological polar surface area (TPSA) is 29.3 Å². The van der Waals surface area contributed by atoms with Crippen LogP contribution in [0.2, 0.25) is 5.02 Å². The first kappa shape index (κ1) is 15.8. The molecule has 0 aliphatic carbocycles. The molecular formula is C17H20ClFN2. The van der Waals surface area contributed by atoms with Gasteiger partial charge in [-0.25, -0.2) is 4.39 Å². The van der Waals surface area contributed by atoms with Gasteiger partial charge in [0.15, 0.2) is 0 Å². The third-order valence-electron chi connectivity index (χ3n) is 3.35. The molecule has 0 unspecified atom stereocenters. The lowest BCUT2D eigenvalue weighted by Crippen LogP contribution is -2.24. The number of benzene rings is 2. The minimum absolute atomic E-state index is 0.218. The minimum atomic E-state index is -0.363. The van der Waals surface area contributed by atoms with E-state index in [1.165, 1.54) is 11.6 Å². The smallest absolute Gasteiger partial charge is 0.142 e. The first-order chi connectivity index (χ1) is 10.1. The maximum Gasteiger partial charge on any atom is 0.142 e. The first-order valence-corrected chi connectivity index (χ1v) is 7.47. The second kappa shape index (κ2) is 7.43. The normalized spacial score (nSPS) is 11.0. The number of nitrogens with zero attached hydrogens (tertiary/aromatic N) is 1. The summed E-state index contributed by atoms with van der Waals surface area (Å²) in [5, 5.41) is 0.218. The molecule has 0 atom stereocenters. The highest BCUT2D eigenvalue weighted by Crippen LogP contribution is 2.22. The maximum absolute atomic E-state index is 13.5. The van der Waals surface area contributed by atoms with E-state index in [2.05, 4.69) is 11.8 Å². The second-order valence-corrected chi connectivity index (χ2v) is 5.54. The number of rotatable bonds is 6. The average molecular weight is 307 g/mol. The fraction of sp³-hybridized carbons (Fsp3) is 0.294. The predicted octanol–water partition coefficient (Wildman–Crippen LogP) is 4.47. The van der Waals surface area contributed by atoms with Crippen LogP contribution in [0.1, 0.15) is 24.5 Å². The van der Waals surface area contributed by atoms with Gasteiger partial charge in [0, 0.05) is 18.8 Å². The summed E-state index contributed by atoms with van der Waals surface area (Å²) < 4.78 is 13.5. The van der Waals surface area contributed by atoms with Crippen LogP contribution in [0.5, 0.6) is 0 Å². The molecule has 0 aliphatic rings. The summed E-state index contributed by atoms with van der Waals surface area (Å²) in [7, 11) is 0. The highest BCUT2D eigenvalue weighted by atomic mass is 35.5. The van der Waals surface area contributed by atoms with E-state index in [0.29, 0.717) is 6.54 Å². The number of nitrogen functional groups attached to an aromatic ring is 1. The zero-order valence-corrected chi connectivity index (χ0v) is 12.9. The third kappa shape index (κ3) is 4.45. The summed E-state index contributed by atoms with van der Waals surface area (Å²) in [6.45, 7) is 4.48. The van der Waals surface area contributed by atoms with E-state index < -0.39 is 0 Å². The molecule has 21 heavy (non-hydrogen) atoms. The van der Waals surface area contributed by atoms with Crippen LogP contribution in [0.3, 0.4) is 0 Å². The van der Waals surface area contributed by atoms with E-state index in [0.717, 1.165) is 30.8 Å². The van der Waals surface area contributed by atoms with E-state index >= 15 is 0 Å². The number of anilines is 1. The van der Waals surface area contributed by atoms with Gasteiger partial charge in [-0.3, -0.25) is 4.90 Å². The van der Waals surface area contributed by atoms with Gasteiger partial charge >= 0.3 is 0 Å². The van der Waals surface area contributed by atoms with E-state index in [1.54, 1.807) is 6.07 Å². The highest BCUT2D eigenvalue weighted by Gasteiger charge is 2.11. The van der Waals surface area contributed by atoms with Crippen molar-refractivity contribution in [1.82, 2.24) is 4.90 Å². The van der Waals surface area contributed by atoms with Crippen molar-refractivity contribution < 1.29 is 4.39 Å². The molecule has 0 saturated heterocycles. The summed E-state index contributed by atoms with van der Waals surface area (Å²) in [4.78, 5) is 2.26. The minimum Gasteiger partial charge on any atom is -0.399 e. The largest absolute Gasteiger partial charge is 0.399 e. The molecule has 0 amide bonds. The molecule has 0 aromatic heterocycles. The van der Waals surface area contributed by atoms with Crippen molar-refractivity contribution in [2.45, 2.75) is 26.4 Å². The van der Waals surface area contributed by atoms with Crippen molar-refractivity contribution in [3.05, 3.63) is 64.4 Å². The molecule has 0 bridgehead atoms. The molecule has 2 aromatic carbocycles. The van der Waals surface area contributed by atoms with Crippen molar-refractivity contribution in [2.24, 2.45) is 0 Å². The molecule has 0 fully saturated rings. The van der Waals surface area contributed by atoms with Crippen molar-refractivity contribution in [3.63, 3.8) is 0 Å². The monoisotopic (exact) mass is 306 g/mol. The highest BCUT2D eigenvalue weighted by molar-refractivity contribution is 6.31. The van der Waals surface area contributed by atoms with Crippen LogP contribution in [0.4, 0.5) is 10.1 Å². The maximum atomic E-state index is 13.5. The molecule has 112 valence electrons. The summed E-state index contributed by atoms with van der Waals surface area (Å²) in [5.74, 6) is -0.363. The van der Waals surface area contributed by atoms with Gasteiger partial charge < -0.3 is 5.73 Å². The summed E-state index contributed by atoms with van der Waals surface area (Å²) in [6, 6.07) is 12.8. The Hall–Kier alpha value is -1.58. The Kier molecular flexibility index (Phi) is 5.59. The van der Waals surface area contributed by atoms with Gasteiger partial charge in [0.05, 0.1) is 5.02 Å². The standard InChI is InChI=1S/C17H20ClFN2/c1-2-10-21(11-13-6-8-15(20)9-7-13)12-14-4-3-5-16(19)17(14)18/h3-9H,2,10-12,20H2,1H3. The van der Waals surface area contributed by atoms with Crippen molar-refractivity contribution in [3.8, 4) is 0 Å². The van der Waals surface area contributed by atoms with Gasteiger partial charge in [-0.1, -0.05) is 42.8 Å². The number of halogens is 2. The molecule has 4 heteroatoms. The molecule has 2 aromatic rings. The molecule has 2 nitrogen and oxygen atoms in total. The van der Waals surface area contributed by atoms with Crippen LogP contribution in [0, 0.1) is 5.82 Å². The van der Waals surface area contributed by atoms with Crippen molar-refractivity contribution >= 4 is 17.3 Å². The van der Waals surface area contributed by atoms with Gasteiger partial charge in [-0.2, -0.15) is 0 Å². The lowest BCUT2D eigenvalue weighted by molar-refractivity contribution is 0.257. The van der Waals surface area contributed by atoms with Gasteiger partial charge in [0.2, 0.25) is 0 Å². The van der Waals surface area contributed by atoms with E-state index in [4.69, 9.17) is 17.3 Å². The summed E-state index contributed by atoms with van der Waals surface area (Å²) in [5.41, 5.74) is 8.47. The second-order valence-electron chi connectivity index (χ2n) is 5.17. The van der Waals surface area contributed by atoms with E-state index in [-0.39, 0.29) is 10.8 Å². The Morgan fingerprint density at radius 1 is 1.10 bits per heavy atom. The summed E-state index contributed by atoms with van der Waals surface area (Å²) >= 11 is 6.04. The van der Waals surface area contributed by atoms with Crippen LogP contribution < -0.4 is 5.73 Å². The van der Waals surface area contributed by atoms with Gasteiger partial charge in [0.1, 0.15) is 5.82 Å². The van der Waals surface area contributed by atoms with Crippen LogP contribution >= 0.6 is 11.6 Å². The molecule has 2 rings (SSSR count). The lowest BCUT2D eigenvalue weighted by atomic mass is 10.1. The van der Waals surface area contributed by atoms with E-state index in [1.807, 2.05) is 30.3 Å². The van der Waals surface area contributed by atoms with Gasteiger partial charge in [-0.05, 0) is 42.3 Å². The van der Waals surface area contributed by atoms with Gasteiger partial charge in [-0.15, -0.1) is 0 Å². The summed E-state index contributed by atoms with van der Waals surface area (Å²) in [6.07, 6.45) is 1.03. The lowest BCUT2D eigenvalue weighted by Gasteiger charge is -2.22. The van der Waals surface area contributed by atoms with Crippen LogP contribution in [0.25, 0.3) is 0 Å². The Morgan fingerprint density at radius 3 is 2.48 bits per heavy atom. The Labute approximate surface area is 130 Å². The number of hydrogen-bond acceptors (Lipinski definition) is 2. The van der Waals surface area contributed by atoms with Crippen LogP contribution in [-0.4, -0.2) is 11.4 Å². The fourth-order valence-corrected chi connectivity index (χ4v) is 2.51. The average Bonchev–Trinajstić information content (AvgIpc) is 2.46.